The summed E-state index contributed by atoms with van der Waals surface area (Å²) >= 11 is 0. The lowest BCUT2D eigenvalue weighted by Gasteiger charge is -2.17. The number of nitrogens with zero attached hydrogens (tertiary/aromatic N) is 5. The van der Waals surface area contributed by atoms with Gasteiger partial charge in [0.25, 0.3) is 5.88 Å². The summed E-state index contributed by atoms with van der Waals surface area (Å²) < 4.78 is 7.41. The maximum Gasteiger partial charge on any atom is 0.257 e. The lowest BCUT2D eigenvalue weighted by molar-refractivity contribution is -0.127. The molecule has 8 heteroatoms. The van der Waals surface area contributed by atoms with E-state index in [1.165, 1.54) is 0 Å². The number of rotatable bonds is 4. The Morgan fingerprint density at radius 3 is 2.93 bits per heavy atom. The molecule has 0 radical (unpaired) electrons. The number of ether oxygens (including phenoxy) is 1. The van der Waals surface area contributed by atoms with Crippen molar-refractivity contribution in [3.8, 4) is 23.2 Å². The number of para-hydroxylation sites is 1. The molecule has 1 atom stereocenters. The number of carbonyl (C=O) groups is 1. The number of hydrogen-bond acceptors (Lipinski definition) is 6. The van der Waals surface area contributed by atoms with Crippen LogP contribution in [0.1, 0.15) is 18.9 Å². The van der Waals surface area contributed by atoms with E-state index in [1.807, 2.05) is 34.8 Å². The zero-order valence-electron chi connectivity index (χ0n) is 16.6. The molecule has 0 aliphatic carbocycles. The van der Waals surface area contributed by atoms with Crippen LogP contribution in [0.2, 0.25) is 0 Å². The highest BCUT2D eigenvalue weighted by Crippen LogP contribution is 2.33. The van der Waals surface area contributed by atoms with Gasteiger partial charge in [-0.25, -0.2) is 9.97 Å². The third-order valence-electron chi connectivity index (χ3n) is 5.31. The molecule has 4 rings (SSSR count). The summed E-state index contributed by atoms with van der Waals surface area (Å²) in [5.41, 5.74) is 3.04. The first-order valence-corrected chi connectivity index (χ1v) is 9.43. The van der Waals surface area contributed by atoms with Gasteiger partial charge in [-0.05, 0) is 12.5 Å². The van der Waals surface area contributed by atoms with E-state index in [-0.39, 0.29) is 11.9 Å². The summed E-state index contributed by atoms with van der Waals surface area (Å²) in [5, 5.41) is 13.7. The zero-order valence-corrected chi connectivity index (χ0v) is 16.6. The second-order valence-electron chi connectivity index (χ2n) is 7.18. The maximum absolute atomic E-state index is 11.5. The molecule has 1 saturated heterocycles. The molecule has 0 spiro atoms. The van der Waals surface area contributed by atoms with E-state index in [0.29, 0.717) is 29.5 Å². The Bertz CT molecular complexity index is 1130. The van der Waals surface area contributed by atoms with Gasteiger partial charge in [0, 0.05) is 50.2 Å². The summed E-state index contributed by atoms with van der Waals surface area (Å²) in [6.45, 7) is 2.96. The maximum atomic E-state index is 11.5. The van der Waals surface area contributed by atoms with Crippen molar-refractivity contribution >= 4 is 22.6 Å². The molecule has 1 fully saturated rings. The fourth-order valence-electron chi connectivity index (χ4n) is 3.86. The van der Waals surface area contributed by atoms with Gasteiger partial charge in [0.2, 0.25) is 5.91 Å². The number of methoxy groups -OCH3 is 1. The SMILES string of the molecule is COc1nc(-c2cn(C)c3c(C#N)cccc23)cnc1NC1CCN(C(C)=O)C1. The molecule has 2 aromatic heterocycles. The van der Waals surface area contributed by atoms with Crippen LogP contribution < -0.4 is 10.1 Å². The van der Waals surface area contributed by atoms with Crippen molar-refractivity contribution in [1.29, 1.82) is 5.26 Å². The Balaban J connectivity index is 1.67. The van der Waals surface area contributed by atoms with Crippen LogP contribution in [0.5, 0.6) is 5.88 Å². The normalized spacial score (nSPS) is 16.1. The number of nitriles is 1. The van der Waals surface area contributed by atoms with Crippen LogP contribution in [-0.4, -0.2) is 51.6 Å². The molecule has 1 aromatic carbocycles. The van der Waals surface area contributed by atoms with Gasteiger partial charge in [-0.3, -0.25) is 4.79 Å². The number of amides is 1. The Hall–Kier alpha value is -3.60. The lowest BCUT2D eigenvalue weighted by Crippen LogP contribution is -2.29. The zero-order chi connectivity index (χ0) is 20.5. The number of anilines is 1. The van der Waals surface area contributed by atoms with Crippen LogP contribution in [0.15, 0.2) is 30.6 Å². The largest absolute Gasteiger partial charge is 0.478 e. The third kappa shape index (κ3) is 3.36. The molecule has 148 valence electrons. The summed E-state index contributed by atoms with van der Waals surface area (Å²) in [5.74, 6) is 1.04. The molecule has 3 aromatic rings. The minimum atomic E-state index is 0.0791. The molecule has 0 bridgehead atoms. The predicted molar refractivity (Wildman–Crippen MR) is 109 cm³/mol. The van der Waals surface area contributed by atoms with E-state index in [2.05, 4.69) is 21.4 Å². The highest BCUT2D eigenvalue weighted by molar-refractivity contribution is 5.98. The molecular formula is C21H22N6O2. The summed E-state index contributed by atoms with van der Waals surface area (Å²) in [6, 6.07) is 8.00. The highest BCUT2D eigenvalue weighted by atomic mass is 16.5. The monoisotopic (exact) mass is 390 g/mol. The average Bonchev–Trinajstić information content (AvgIpc) is 3.33. The second-order valence-corrected chi connectivity index (χ2v) is 7.18. The average molecular weight is 390 g/mol. The minimum absolute atomic E-state index is 0.0791. The predicted octanol–water partition coefficient (Wildman–Crippen LogP) is 2.55. The van der Waals surface area contributed by atoms with Crippen LogP contribution in [0.25, 0.3) is 22.2 Å². The Labute approximate surface area is 168 Å². The van der Waals surface area contributed by atoms with E-state index < -0.39 is 0 Å². The van der Waals surface area contributed by atoms with Crippen LogP contribution in [0.3, 0.4) is 0 Å². The number of nitrogens with one attached hydrogen (secondary N) is 1. The molecule has 1 aliphatic heterocycles. The van der Waals surface area contributed by atoms with Gasteiger partial charge < -0.3 is 19.5 Å². The Morgan fingerprint density at radius 2 is 2.24 bits per heavy atom. The van der Waals surface area contributed by atoms with Gasteiger partial charge in [0.15, 0.2) is 5.82 Å². The van der Waals surface area contributed by atoms with Crippen molar-refractivity contribution in [3.05, 3.63) is 36.2 Å². The lowest BCUT2D eigenvalue weighted by atomic mass is 10.1. The molecule has 3 heterocycles. The molecule has 1 amide bonds. The van der Waals surface area contributed by atoms with Gasteiger partial charge in [0.1, 0.15) is 6.07 Å². The fourth-order valence-corrected chi connectivity index (χ4v) is 3.86. The van der Waals surface area contributed by atoms with E-state index in [0.717, 1.165) is 29.4 Å². The number of carbonyl (C=O) groups excluding carboxylic acids is 1. The van der Waals surface area contributed by atoms with E-state index in [9.17, 15) is 10.1 Å². The van der Waals surface area contributed by atoms with Crippen molar-refractivity contribution in [2.45, 2.75) is 19.4 Å². The molecule has 8 nitrogen and oxygen atoms in total. The van der Waals surface area contributed by atoms with Gasteiger partial charge in [-0.1, -0.05) is 12.1 Å². The number of aromatic nitrogens is 3. The van der Waals surface area contributed by atoms with E-state index >= 15 is 0 Å². The third-order valence-corrected chi connectivity index (χ3v) is 5.31. The first-order chi connectivity index (χ1) is 14.0. The topological polar surface area (TPSA) is 96.1 Å². The van der Waals surface area contributed by atoms with Crippen molar-refractivity contribution in [3.63, 3.8) is 0 Å². The van der Waals surface area contributed by atoms with Crippen molar-refractivity contribution in [2.75, 3.05) is 25.5 Å². The van der Waals surface area contributed by atoms with Gasteiger partial charge in [-0.2, -0.15) is 5.26 Å². The van der Waals surface area contributed by atoms with Gasteiger partial charge in [0.05, 0.1) is 30.1 Å². The number of benzene rings is 1. The van der Waals surface area contributed by atoms with E-state index in [4.69, 9.17) is 4.74 Å². The van der Waals surface area contributed by atoms with Gasteiger partial charge in [-0.15, -0.1) is 0 Å². The first-order valence-electron chi connectivity index (χ1n) is 9.43. The van der Waals surface area contributed by atoms with Crippen LogP contribution in [0, 0.1) is 11.3 Å². The summed E-state index contributed by atoms with van der Waals surface area (Å²) in [4.78, 5) is 22.6. The number of likely N-dealkylation sites (tertiary alicyclic amines) is 1. The smallest absolute Gasteiger partial charge is 0.257 e. The Morgan fingerprint density at radius 1 is 1.41 bits per heavy atom. The standard InChI is InChI=1S/C21H22N6O2/c1-13(28)27-8-7-15(11-27)24-20-21(29-3)25-18(10-23-20)17-12-26(2)19-14(9-22)5-4-6-16(17)19/h4-6,10,12,15H,7-8,11H2,1-3H3,(H,23,24). The van der Waals surface area contributed by atoms with Crippen molar-refractivity contribution in [2.24, 2.45) is 7.05 Å². The molecule has 0 saturated carbocycles. The van der Waals surface area contributed by atoms with E-state index in [1.54, 1.807) is 26.3 Å². The van der Waals surface area contributed by atoms with Crippen LogP contribution >= 0.6 is 0 Å². The minimum Gasteiger partial charge on any atom is -0.478 e. The van der Waals surface area contributed by atoms with Crippen LogP contribution in [-0.2, 0) is 11.8 Å². The summed E-state index contributed by atoms with van der Waals surface area (Å²) in [7, 11) is 3.47. The quantitative estimate of drug-likeness (QED) is 0.735. The molecule has 1 aliphatic rings. The fraction of sp³-hybridized carbons (Fsp3) is 0.333. The number of hydrogen-bond donors (Lipinski definition) is 1. The number of aryl methyl sites for hydroxylation is 1. The molecule has 29 heavy (non-hydrogen) atoms. The van der Waals surface area contributed by atoms with Crippen molar-refractivity contribution < 1.29 is 9.53 Å². The molecule has 1 unspecified atom stereocenters. The van der Waals surface area contributed by atoms with Crippen LogP contribution in [0.4, 0.5) is 5.82 Å². The first kappa shape index (κ1) is 18.7. The molecule has 1 N–H and O–H groups in total. The second kappa shape index (κ2) is 7.43. The summed E-state index contributed by atoms with van der Waals surface area (Å²) in [6.07, 6.45) is 4.51. The molecular weight excluding hydrogens is 368 g/mol. The van der Waals surface area contributed by atoms with Crippen molar-refractivity contribution in [1.82, 2.24) is 19.4 Å². The number of fused-ring (bicyclic) bond motifs is 1. The van der Waals surface area contributed by atoms with Gasteiger partial charge >= 0.3 is 0 Å². The Kier molecular flexibility index (Phi) is 4.80. The highest BCUT2D eigenvalue weighted by Gasteiger charge is 2.25.